The molecular weight excluding hydrogens is 272 g/mol. The summed E-state index contributed by atoms with van der Waals surface area (Å²) >= 11 is 7.59. The van der Waals surface area contributed by atoms with Gasteiger partial charge in [-0.25, -0.2) is 4.79 Å². The van der Waals surface area contributed by atoms with Crippen LogP contribution in [0.5, 0.6) is 0 Å². The second-order valence-electron chi connectivity index (χ2n) is 3.74. The highest BCUT2D eigenvalue weighted by Gasteiger charge is 2.09. The summed E-state index contributed by atoms with van der Waals surface area (Å²) in [6.45, 7) is 1.82. The number of aliphatic hydroxyl groups is 1. The fourth-order valence-electron chi connectivity index (χ4n) is 1.37. The third-order valence-corrected chi connectivity index (χ3v) is 3.68. The second-order valence-corrected chi connectivity index (χ2v) is 4.99. The molecule has 0 aliphatic rings. The Morgan fingerprint density at radius 1 is 1.56 bits per heavy atom. The van der Waals surface area contributed by atoms with Gasteiger partial charge in [-0.05, 0) is 30.9 Å². The number of carbonyl (C=O) groups is 1. The van der Waals surface area contributed by atoms with E-state index in [2.05, 4.69) is 10.6 Å². The van der Waals surface area contributed by atoms with E-state index < -0.39 is 0 Å². The number of hydrogen-bond acceptors (Lipinski definition) is 3. The van der Waals surface area contributed by atoms with Crippen LogP contribution in [0.4, 0.5) is 10.5 Å². The van der Waals surface area contributed by atoms with Crippen LogP contribution in [0.15, 0.2) is 23.1 Å². The summed E-state index contributed by atoms with van der Waals surface area (Å²) < 4.78 is 0. The molecule has 0 saturated carbocycles. The van der Waals surface area contributed by atoms with Crippen LogP contribution in [0.1, 0.15) is 13.3 Å². The molecule has 4 nitrogen and oxygen atoms in total. The van der Waals surface area contributed by atoms with Gasteiger partial charge in [-0.1, -0.05) is 18.5 Å². The van der Waals surface area contributed by atoms with Gasteiger partial charge in [-0.15, -0.1) is 11.8 Å². The van der Waals surface area contributed by atoms with Crippen molar-refractivity contribution in [2.75, 3.05) is 18.2 Å². The zero-order chi connectivity index (χ0) is 13.5. The van der Waals surface area contributed by atoms with Gasteiger partial charge in [-0.2, -0.15) is 0 Å². The minimum Gasteiger partial charge on any atom is -0.394 e. The Labute approximate surface area is 116 Å². The average molecular weight is 289 g/mol. The van der Waals surface area contributed by atoms with Crippen molar-refractivity contribution in [3.8, 4) is 0 Å². The van der Waals surface area contributed by atoms with Gasteiger partial charge in [0.15, 0.2) is 0 Å². The third-order valence-electron chi connectivity index (χ3n) is 2.46. The highest BCUT2D eigenvalue weighted by atomic mass is 35.5. The van der Waals surface area contributed by atoms with Gasteiger partial charge in [0.25, 0.3) is 0 Å². The largest absolute Gasteiger partial charge is 0.394 e. The molecule has 0 aliphatic heterocycles. The first-order valence-corrected chi connectivity index (χ1v) is 7.22. The molecule has 0 heterocycles. The zero-order valence-electron chi connectivity index (χ0n) is 10.4. The lowest BCUT2D eigenvalue weighted by Gasteiger charge is -2.15. The Kier molecular flexibility index (Phi) is 6.32. The maximum absolute atomic E-state index is 11.6. The van der Waals surface area contributed by atoms with E-state index in [0.29, 0.717) is 17.1 Å². The molecule has 0 aromatic heterocycles. The predicted octanol–water partition coefficient (Wildman–Crippen LogP) is 2.95. The van der Waals surface area contributed by atoms with Crippen molar-refractivity contribution < 1.29 is 9.90 Å². The fourth-order valence-corrected chi connectivity index (χ4v) is 2.24. The molecular formula is C12H17ClN2O2S. The normalized spacial score (nSPS) is 12.0. The molecule has 0 radical (unpaired) electrons. The second kappa shape index (κ2) is 7.51. The van der Waals surface area contributed by atoms with Crippen molar-refractivity contribution in [2.45, 2.75) is 24.3 Å². The fraction of sp³-hybridized carbons (Fsp3) is 0.417. The van der Waals surface area contributed by atoms with Crippen LogP contribution >= 0.6 is 23.4 Å². The number of aliphatic hydroxyl groups excluding tert-OH is 1. The van der Waals surface area contributed by atoms with E-state index in [1.807, 2.05) is 19.2 Å². The van der Waals surface area contributed by atoms with E-state index in [1.54, 1.807) is 23.9 Å². The standard InChI is InChI=1S/C12H17ClN2O2S/c1-3-8(7-16)14-12(17)15-9-4-5-11(18-2)10(13)6-9/h4-6,8,16H,3,7H2,1-2H3,(H2,14,15,17)/t8-/m0/s1. The Morgan fingerprint density at radius 3 is 2.78 bits per heavy atom. The van der Waals surface area contributed by atoms with E-state index in [-0.39, 0.29) is 18.7 Å². The predicted molar refractivity (Wildman–Crippen MR) is 76.6 cm³/mol. The summed E-state index contributed by atoms with van der Waals surface area (Å²) in [6, 6.07) is 4.77. The topological polar surface area (TPSA) is 61.4 Å². The van der Waals surface area contributed by atoms with Gasteiger partial charge in [0.1, 0.15) is 0 Å². The highest BCUT2D eigenvalue weighted by molar-refractivity contribution is 7.98. The lowest BCUT2D eigenvalue weighted by Crippen LogP contribution is -2.39. The minimum atomic E-state index is -0.344. The zero-order valence-corrected chi connectivity index (χ0v) is 11.9. The minimum absolute atomic E-state index is 0.0733. The molecule has 0 saturated heterocycles. The molecule has 1 atom stereocenters. The molecule has 0 unspecified atom stereocenters. The van der Waals surface area contributed by atoms with Gasteiger partial charge < -0.3 is 15.7 Å². The van der Waals surface area contributed by atoms with Crippen LogP contribution in [-0.4, -0.2) is 30.0 Å². The first-order chi connectivity index (χ1) is 8.60. The van der Waals surface area contributed by atoms with Gasteiger partial charge in [-0.3, -0.25) is 0 Å². The lowest BCUT2D eigenvalue weighted by molar-refractivity contribution is 0.222. The summed E-state index contributed by atoms with van der Waals surface area (Å²) in [5.74, 6) is 0. The molecule has 0 aliphatic carbocycles. The highest BCUT2D eigenvalue weighted by Crippen LogP contribution is 2.27. The van der Waals surface area contributed by atoms with Crippen LogP contribution in [0.25, 0.3) is 0 Å². The molecule has 3 N–H and O–H groups in total. The monoisotopic (exact) mass is 288 g/mol. The molecule has 100 valence electrons. The van der Waals surface area contributed by atoms with Crippen molar-refractivity contribution in [3.05, 3.63) is 23.2 Å². The molecule has 1 rings (SSSR count). The maximum Gasteiger partial charge on any atom is 0.319 e. The molecule has 0 fully saturated rings. The quantitative estimate of drug-likeness (QED) is 0.730. The lowest BCUT2D eigenvalue weighted by atomic mass is 10.2. The van der Waals surface area contributed by atoms with Gasteiger partial charge in [0, 0.05) is 10.6 Å². The first-order valence-electron chi connectivity index (χ1n) is 5.62. The number of anilines is 1. The van der Waals surface area contributed by atoms with Crippen molar-refractivity contribution >= 4 is 35.1 Å². The van der Waals surface area contributed by atoms with Crippen LogP contribution in [0.2, 0.25) is 5.02 Å². The summed E-state index contributed by atoms with van der Waals surface area (Å²) in [6.07, 6.45) is 2.62. The first kappa shape index (κ1) is 15.1. The number of benzene rings is 1. The van der Waals surface area contributed by atoms with Crippen LogP contribution in [0.3, 0.4) is 0 Å². The molecule has 18 heavy (non-hydrogen) atoms. The van der Waals surface area contributed by atoms with Crippen molar-refractivity contribution in [3.63, 3.8) is 0 Å². The molecule has 0 bridgehead atoms. The van der Waals surface area contributed by atoms with Crippen LogP contribution in [0, 0.1) is 0 Å². The van der Waals surface area contributed by atoms with Crippen molar-refractivity contribution in [1.82, 2.24) is 5.32 Å². The van der Waals surface area contributed by atoms with Gasteiger partial charge in [0.05, 0.1) is 17.7 Å². The van der Waals surface area contributed by atoms with E-state index in [0.717, 1.165) is 4.90 Å². The Balaban J connectivity index is 2.62. The van der Waals surface area contributed by atoms with Gasteiger partial charge in [0.2, 0.25) is 0 Å². The molecule has 1 aromatic rings. The number of urea groups is 1. The van der Waals surface area contributed by atoms with Crippen LogP contribution < -0.4 is 10.6 Å². The molecule has 0 spiro atoms. The number of thioether (sulfide) groups is 1. The molecule has 2 amide bonds. The SMILES string of the molecule is CC[C@@H](CO)NC(=O)Nc1ccc(SC)c(Cl)c1. The summed E-state index contributed by atoms with van der Waals surface area (Å²) in [5, 5.41) is 14.9. The van der Waals surface area contributed by atoms with E-state index >= 15 is 0 Å². The van der Waals surface area contributed by atoms with E-state index in [1.165, 1.54) is 0 Å². The number of nitrogens with one attached hydrogen (secondary N) is 2. The summed E-state index contributed by atoms with van der Waals surface area (Å²) in [7, 11) is 0. The number of carbonyl (C=O) groups excluding carboxylic acids is 1. The number of hydrogen-bond donors (Lipinski definition) is 3. The average Bonchev–Trinajstić information content (AvgIpc) is 2.36. The summed E-state index contributed by atoms with van der Waals surface area (Å²) in [5.41, 5.74) is 0.628. The van der Waals surface area contributed by atoms with Crippen molar-refractivity contribution in [1.29, 1.82) is 0 Å². The van der Waals surface area contributed by atoms with E-state index in [4.69, 9.17) is 16.7 Å². The van der Waals surface area contributed by atoms with Gasteiger partial charge >= 0.3 is 6.03 Å². The molecule has 1 aromatic carbocycles. The van der Waals surface area contributed by atoms with E-state index in [9.17, 15) is 4.79 Å². The Hall–Kier alpha value is -0.910. The maximum atomic E-state index is 11.6. The molecule has 6 heteroatoms. The van der Waals surface area contributed by atoms with Crippen molar-refractivity contribution in [2.24, 2.45) is 0 Å². The smallest absolute Gasteiger partial charge is 0.319 e. The number of amides is 2. The third kappa shape index (κ3) is 4.40. The number of rotatable bonds is 5. The van der Waals surface area contributed by atoms with Crippen LogP contribution in [-0.2, 0) is 0 Å². The summed E-state index contributed by atoms with van der Waals surface area (Å²) in [4.78, 5) is 12.6. The Bertz CT molecular complexity index is 411. The Morgan fingerprint density at radius 2 is 2.28 bits per heavy atom. The number of halogens is 1.